The van der Waals surface area contributed by atoms with Gasteiger partial charge in [0, 0.05) is 29.1 Å². The van der Waals surface area contributed by atoms with E-state index in [1.165, 1.54) is 50.1 Å². The Morgan fingerprint density at radius 2 is 0.855 bits per heavy atom. The lowest BCUT2D eigenvalue weighted by atomic mass is 9.70. The first-order valence-corrected chi connectivity index (χ1v) is 18.8. The quantitative estimate of drug-likeness (QED) is 0.179. The maximum absolute atomic E-state index is 5.20. The van der Waals surface area contributed by atoms with Gasteiger partial charge in [0.25, 0.3) is 0 Å². The Hall–Kier alpha value is -7.23. The first kappa shape index (κ1) is 31.3. The molecule has 0 radical (unpaired) electrons. The van der Waals surface area contributed by atoms with E-state index in [4.69, 9.17) is 9.97 Å². The number of hydrogen-bond donors (Lipinski definition) is 0. The minimum atomic E-state index is -0.383. The Balaban J connectivity index is 1.07. The van der Waals surface area contributed by atoms with Crippen LogP contribution in [0.15, 0.2) is 200 Å². The number of aromatic nitrogens is 3. The third-order valence-electron chi connectivity index (χ3n) is 11.4. The highest BCUT2D eigenvalue weighted by Gasteiger charge is 2.51. The maximum atomic E-state index is 5.20. The molecule has 0 N–H and O–H groups in total. The van der Waals surface area contributed by atoms with Crippen LogP contribution in [-0.2, 0) is 5.41 Å². The van der Waals surface area contributed by atoms with Gasteiger partial charge in [-0.2, -0.15) is 0 Å². The number of hydrogen-bond acceptors (Lipinski definition) is 3. The fourth-order valence-electron chi connectivity index (χ4n) is 9.06. The zero-order chi connectivity index (χ0) is 36.3. The summed E-state index contributed by atoms with van der Waals surface area (Å²) in [6.07, 6.45) is 3.69. The second-order valence-electron chi connectivity index (χ2n) is 14.3. The molecule has 256 valence electrons. The largest absolute Gasteiger partial charge is 0.264 e. The van der Waals surface area contributed by atoms with E-state index in [2.05, 4.69) is 169 Å². The molecule has 0 fully saturated rings. The standard InChI is InChI=1S/C52H33N3/c1-2-13-36(14-3-1)51-54-48(35-28-26-34(27-29-35)39-17-12-30-53-33-39)32-49(55-51)38-16-10-15-37(31-38)40-21-11-25-47-50(40)43-20-6-9-24-46(43)52(47)44-22-7-4-18-41(44)42-19-5-8-23-45(42)52/h1-33H. The normalized spacial score (nSPS) is 12.9. The van der Waals surface area contributed by atoms with Gasteiger partial charge in [0.2, 0.25) is 0 Å². The molecule has 55 heavy (non-hydrogen) atoms. The van der Waals surface area contributed by atoms with Crippen LogP contribution in [0.1, 0.15) is 22.3 Å². The van der Waals surface area contributed by atoms with Gasteiger partial charge in [-0.05, 0) is 85.0 Å². The van der Waals surface area contributed by atoms with Crippen molar-refractivity contribution in [3.05, 3.63) is 223 Å². The summed E-state index contributed by atoms with van der Waals surface area (Å²) in [5, 5.41) is 0. The number of benzene rings is 7. The molecule has 1 spiro atoms. The predicted molar refractivity (Wildman–Crippen MR) is 223 cm³/mol. The van der Waals surface area contributed by atoms with Crippen molar-refractivity contribution >= 4 is 0 Å². The first-order chi connectivity index (χ1) is 27.3. The van der Waals surface area contributed by atoms with Crippen LogP contribution in [0.2, 0.25) is 0 Å². The minimum absolute atomic E-state index is 0.383. The van der Waals surface area contributed by atoms with E-state index in [0.717, 1.165) is 44.8 Å². The molecule has 0 atom stereocenters. The Bertz CT molecular complexity index is 2870. The van der Waals surface area contributed by atoms with E-state index in [-0.39, 0.29) is 5.41 Å². The molecular weight excluding hydrogens is 667 g/mol. The predicted octanol–water partition coefficient (Wildman–Crippen LogP) is 12.6. The van der Waals surface area contributed by atoms with Gasteiger partial charge in [0.05, 0.1) is 16.8 Å². The van der Waals surface area contributed by atoms with Crippen LogP contribution in [0.4, 0.5) is 0 Å². The molecule has 2 heterocycles. The van der Waals surface area contributed by atoms with Crippen molar-refractivity contribution < 1.29 is 0 Å². The Morgan fingerprint density at radius 1 is 0.327 bits per heavy atom. The Morgan fingerprint density at radius 3 is 1.56 bits per heavy atom. The molecular formula is C52H33N3. The van der Waals surface area contributed by atoms with Crippen LogP contribution in [-0.4, -0.2) is 15.0 Å². The van der Waals surface area contributed by atoms with E-state index in [1.807, 2.05) is 30.5 Å². The zero-order valence-corrected chi connectivity index (χ0v) is 29.9. The third-order valence-corrected chi connectivity index (χ3v) is 11.4. The highest BCUT2D eigenvalue weighted by molar-refractivity contribution is 6.00. The topological polar surface area (TPSA) is 38.7 Å². The molecule has 0 bridgehead atoms. The molecule has 0 aliphatic heterocycles. The molecule has 9 aromatic rings. The van der Waals surface area contributed by atoms with E-state index in [1.54, 1.807) is 6.20 Å². The molecule has 2 aliphatic rings. The second kappa shape index (κ2) is 12.4. The molecule has 2 aliphatic carbocycles. The highest BCUT2D eigenvalue weighted by atomic mass is 14.9. The third kappa shape index (κ3) is 4.80. The first-order valence-electron chi connectivity index (χ1n) is 18.8. The summed E-state index contributed by atoms with van der Waals surface area (Å²) in [5.41, 5.74) is 19.6. The van der Waals surface area contributed by atoms with E-state index in [0.29, 0.717) is 5.82 Å². The van der Waals surface area contributed by atoms with Crippen molar-refractivity contribution in [3.8, 4) is 78.4 Å². The van der Waals surface area contributed by atoms with Gasteiger partial charge in [-0.1, -0.05) is 170 Å². The summed E-state index contributed by atoms with van der Waals surface area (Å²) >= 11 is 0. The van der Waals surface area contributed by atoms with Crippen LogP contribution in [0.3, 0.4) is 0 Å². The summed E-state index contributed by atoms with van der Waals surface area (Å²) in [6, 6.07) is 67.7. The van der Waals surface area contributed by atoms with Crippen molar-refractivity contribution in [1.82, 2.24) is 15.0 Å². The van der Waals surface area contributed by atoms with Crippen molar-refractivity contribution in [1.29, 1.82) is 0 Å². The van der Waals surface area contributed by atoms with Gasteiger partial charge in [-0.25, -0.2) is 9.97 Å². The molecule has 0 saturated carbocycles. The van der Waals surface area contributed by atoms with Gasteiger partial charge in [-0.3, -0.25) is 4.98 Å². The average Bonchev–Trinajstić information content (AvgIpc) is 3.75. The number of pyridine rings is 1. The summed E-state index contributed by atoms with van der Waals surface area (Å²) in [5.74, 6) is 0.699. The lowest BCUT2D eigenvalue weighted by molar-refractivity contribution is 0.794. The Kier molecular flexibility index (Phi) is 7.08. The van der Waals surface area contributed by atoms with Crippen LogP contribution < -0.4 is 0 Å². The second-order valence-corrected chi connectivity index (χ2v) is 14.3. The average molecular weight is 700 g/mol. The molecule has 3 heteroatoms. The van der Waals surface area contributed by atoms with Gasteiger partial charge in [0.1, 0.15) is 0 Å². The van der Waals surface area contributed by atoms with Crippen molar-refractivity contribution in [2.45, 2.75) is 5.41 Å². The van der Waals surface area contributed by atoms with Crippen LogP contribution in [0.5, 0.6) is 0 Å². The van der Waals surface area contributed by atoms with Crippen molar-refractivity contribution in [2.75, 3.05) is 0 Å². The zero-order valence-electron chi connectivity index (χ0n) is 29.9. The smallest absolute Gasteiger partial charge is 0.160 e. The summed E-state index contributed by atoms with van der Waals surface area (Å²) < 4.78 is 0. The minimum Gasteiger partial charge on any atom is -0.264 e. The van der Waals surface area contributed by atoms with Crippen LogP contribution >= 0.6 is 0 Å². The van der Waals surface area contributed by atoms with Gasteiger partial charge >= 0.3 is 0 Å². The molecule has 0 amide bonds. The fraction of sp³-hybridized carbons (Fsp3) is 0.0192. The van der Waals surface area contributed by atoms with E-state index >= 15 is 0 Å². The molecule has 11 rings (SSSR count). The van der Waals surface area contributed by atoms with Gasteiger partial charge in [0.15, 0.2) is 5.82 Å². The fourth-order valence-corrected chi connectivity index (χ4v) is 9.06. The van der Waals surface area contributed by atoms with Gasteiger partial charge in [-0.15, -0.1) is 0 Å². The van der Waals surface area contributed by atoms with E-state index < -0.39 is 0 Å². The highest BCUT2D eigenvalue weighted by Crippen LogP contribution is 2.63. The number of nitrogens with zero attached hydrogens (tertiary/aromatic N) is 3. The van der Waals surface area contributed by atoms with E-state index in [9.17, 15) is 0 Å². The maximum Gasteiger partial charge on any atom is 0.160 e. The summed E-state index contributed by atoms with van der Waals surface area (Å²) in [4.78, 5) is 14.6. The molecule has 3 nitrogen and oxygen atoms in total. The molecule has 0 saturated heterocycles. The summed E-state index contributed by atoms with van der Waals surface area (Å²) in [7, 11) is 0. The molecule has 0 unspecified atom stereocenters. The number of fused-ring (bicyclic) bond motifs is 10. The van der Waals surface area contributed by atoms with Gasteiger partial charge < -0.3 is 0 Å². The lowest BCUT2D eigenvalue weighted by Gasteiger charge is -2.30. The molecule has 2 aromatic heterocycles. The van der Waals surface area contributed by atoms with Crippen LogP contribution in [0, 0.1) is 0 Å². The Labute approximate surface area is 320 Å². The molecule has 7 aromatic carbocycles. The monoisotopic (exact) mass is 699 g/mol. The van der Waals surface area contributed by atoms with Crippen molar-refractivity contribution in [3.63, 3.8) is 0 Å². The SMILES string of the molecule is c1ccc(-c2nc(-c3ccc(-c4cccnc4)cc3)cc(-c3cccc(-c4cccc5c4-c4ccccc4C54c5ccccc5-c5ccccc54)c3)n2)cc1. The lowest BCUT2D eigenvalue weighted by Crippen LogP contribution is -2.25. The summed E-state index contributed by atoms with van der Waals surface area (Å²) in [6.45, 7) is 0. The number of rotatable bonds is 5. The van der Waals surface area contributed by atoms with Crippen molar-refractivity contribution in [2.24, 2.45) is 0 Å². The van der Waals surface area contributed by atoms with Crippen LogP contribution in [0.25, 0.3) is 78.4 Å².